The molecule has 0 aliphatic rings. The van der Waals surface area contributed by atoms with E-state index in [9.17, 15) is 12.8 Å². The van der Waals surface area contributed by atoms with Gasteiger partial charge in [-0.2, -0.15) is 0 Å². The minimum absolute atomic E-state index is 0.0409. The van der Waals surface area contributed by atoms with Gasteiger partial charge in [-0.3, -0.25) is 0 Å². The average molecular weight is 233 g/mol. The van der Waals surface area contributed by atoms with Crippen molar-refractivity contribution in [2.24, 2.45) is 0 Å². The molecule has 0 saturated carbocycles. The highest BCUT2D eigenvalue weighted by Crippen LogP contribution is 2.17. The van der Waals surface area contributed by atoms with Gasteiger partial charge in [-0.1, -0.05) is 0 Å². The first-order chi connectivity index (χ1) is 6.81. The standard InChI is InChI=1S/C9H12FNO3S/c1-6(12)5-15(13,14)9-3-7(10)2-8(11)4-9/h2-4,6,12H,5,11H2,1H3. The Labute approximate surface area is 87.5 Å². The van der Waals surface area contributed by atoms with Crippen molar-refractivity contribution in [2.75, 3.05) is 11.5 Å². The third-order valence-corrected chi connectivity index (χ3v) is 3.59. The zero-order valence-electron chi connectivity index (χ0n) is 8.14. The Bertz CT molecular complexity index is 436. The van der Waals surface area contributed by atoms with E-state index < -0.39 is 27.5 Å². The minimum atomic E-state index is -3.67. The summed E-state index contributed by atoms with van der Waals surface area (Å²) in [6, 6.07) is 3.08. The van der Waals surface area contributed by atoms with Gasteiger partial charge < -0.3 is 10.8 Å². The van der Waals surface area contributed by atoms with Crippen molar-refractivity contribution in [1.82, 2.24) is 0 Å². The number of hydrogen-bond acceptors (Lipinski definition) is 4. The number of nitrogen functional groups attached to an aromatic ring is 1. The lowest BCUT2D eigenvalue weighted by atomic mass is 10.3. The van der Waals surface area contributed by atoms with Gasteiger partial charge in [-0.15, -0.1) is 0 Å². The van der Waals surface area contributed by atoms with E-state index in [0.717, 1.165) is 12.1 Å². The Morgan fingerprint density at radius 2 is 2.07 bits per heavy atom. The van der Waals surface area contributed by atoms with Gasteiger partial charge >= 0.3 is 0 Å². The fourth-order valence-electron chi connectivity index (χ4n) is 1.18. The maximum atomic E-state index is 12.9. The van der Waals surface area contributed by atoms with E-state index in [1.165, 1.54) is 13.0 Å². The van der Waals surface area contributed by atoms with E-state index in [1.54, 1.807) is 0 Å². The lowest BCUT2D eigenvalue weighted by molar-refractivity contribution is 0.218. The first-order valence-corrected chi connectivity index (χ1v) is 5.93. The smallest absolute Gasteiger partial charge is 0.181 e. The molecule has 0 aromatic heterocycles. The van der Waals surface area contributed by atoms with Crippen molar-refractivity contribution in [2.45, 2.75) is 17.9 Å². The fourth-order valence-corrected chi connectivity index (χ4v) is 2.61. The van der Waals surface area contributed by atoms with Crippen LogP contribution in [-0.2, 0) is 9.84 Å². The number of benzene rings is 1. The lowest BCUT2D eigenvalue weighted by Gasteiger charge is -2.07. The van der Waals surface area contributed by atoms with Crippen LogP contribution >= 0.6 is 0 Å². The molecule has 3 N–H and O–H groups in total. The SMILES string of the molecule is CC(O)CS(=O)(=O)c1cc(N)cc(F)c1. The molecule has 0 spiro atoms. The zero-order valence-corrected chi connectivity index (χ0v) is 8.96. The molecule has 4 nitrogen and oxygen atoms in total. The molecule has 1 unspecified atom stereocenters. The number of aliphatic hydroxyl groups excluding tert-OH is 1. The van der Waals surface area contributed by atoms with Gasteiger partial charge in [-0.05, 0) is 25.1 Å². The van der Waals surface area contributed by atoms with Gasteiger partial charge in [0.05, 0.1) is 16.8 Å². The van der Waals surface area contributed by atoms with Crippen LogP contribution in [0.5, 0.6) is 0 Å². The second-order valence-corrected chi connectivity index (χ2v) is 5.38. The Morgan fingerprint density at radius 1 is 1.47 bits per heavy atom. The van der Waals surface area contributed by atoms with Crippen LogP contribution in [0.1, 0.15) is 6.92 Å². The average Bonchev–Trinajstić information content (AvgIpc) is 1.99. The van der Waals surface area contributed by atoms with E-state index in [2.05, 4.69) is 0 Å². The Balaban J connectivity index is 3.16. The molecule has 1 rings (SSSR count). The lowest BCUT2D eigenvalue weighted by Crippen LogP contribution is -2.18. The van der Waals surface area contributed by atoms with Crippen LogP contribution in [0.4, 0.5) is 10.1 Å². The molecule has 1 aromatic rings. The first kappa shape index (κ1) is 11.9. The topological polar surface area (TPSA) is 80.4 Å². The van der Waals surface area contributed by atoms with Crippen molar-refractivity contribution in [3.05, 3.63) is 24.0 Å². The molecule has 15 heavy (non-hydrogen) atoms. The highest BCUT2D eigenvalue weighted by Gasteiger charge is 2.18. The van der Waals surface area contributed by atoms with Crippen molar-refractivity contribution in [1.29, 1.82) is 0 Å². The highest BCUT2D eigenvalue weighted by atomic mass is 32.2. The number of nitrogens with two attached hydrogens (primary N) is 1. The van der Waals surface area contributed by atoms with Gasteiger partial charge in [0.25, 0.3) is 0 Å². The number of halogens is 1. The van der Waals surface area contributed by atoms with E-state index in [0.29, 0.717) is 0 Å². The summed E-state index contributed by atoms with van der Waals surface area (Å²) in [5.74, 6) is -1.16. The van der Waals surface area contributed by atoms with Crippen LogP contribution in [0.3, 0.4) is 0 Å². The monoisotopic (exact) mass is 233 g/mol. The summed E-state index contributed by atoms with van der Waals surface area (Å²) in [5.41, 5.74) is 5.36. The Kier molecular flexibility index (Phi) is 3.31. The molecule has 0 aliphatic carbocycles. The van der Waals surface area contributed by atoms with E-state index in [1.807, 2.05) is 0 Å². The van der Waals surface area contributed by atoms with Crippen molar-refractivity contribution in [3.8, 4) is 0 Å². The molecule has 0 bridgehead atoms. The van der Waals surface area contributed by atoms with Gasteiger partial charge in [0.2, 0.25) is 0 Å². The molecule has 1 aromatic carbocycles. The molecular weight excluding hydrogens is 221 g/mol. The summed E-state index contributed by atoms with van der Waals surface area (Å²) in [7, 11) is -3.67. The first-order valence-electron chi connectivity index (χ1n) is 4.28. The van der Waals surface area contributed by atoms with Crippen molar-refractivity contribution >= 4 is 15.5 Å². The van der Waals surface area contributed by atoms with Crippen molar-refractivity contribution in [3.63, 3.8) is 0 Å². The number of aliphatic hydroxyl groups is 1. The molecule has 0 saturated heterocycles. The van der Waals surface area contributed by atoms with Crippen LogP contribution in [-0.4, -0.2) is 25.4 Å². The molecule has 84 valence electrons. The van der Waals surface area contributed by atoms with Crippen LogP contribution in [0.15, 0.2) is 23.1 Å². The van der Waals surface area contributed by atoms with Gasteiger partial charge in [0, 0.05) is 5.69 Å². The molecule has 0 radical (unpaired) electrons. The number of sulfone groups is 1. The van der Waals surface area contributed by atoms with Crippen LogP contribution < -0.4 is 5.73 Å². The highest BCUT2D eigenvalue weighted by molar-refractivity contribution is 7.91. The normalized spacial score (nSPS) is 13.8. The predicted octanol–water partition coefficient (Wildman–Crippen LogP) is 0.562. The van der Waals surface area contributed by atoms with Gasteiger partial charge in [0.15, 0.2) is 9.84 Å². The summed E-state index contributed by atoms with van der Waals surface area (Å²) < 4.78 is 36.0. The molecule has 6 heteroatoms. The molecule has 0 amide bonds. The molecule has 0 aliphatic heterocycles. The summed E-state index contributed by atoms with van der Waals surface area (Å²) in [5, 5.41) is 8.98. The van der Waals surface area contributed by atoms with Crippen molar-refractivity contribution < 1.29 is 17.9 Å². The summed E-state index contributed by atoms with van der Waals surface area (Å²) >= 11 is 0. The maximum absolute atomic E-state index is 12.9. The minimum Gasteiger partial charge on any atom is -0.399 e. The zero-order chi connectivity index (χ0) is 11.6. The number of rotatable bonds is 3. The summed E-state index contributed by atoms with van der Waals surface area (Å²) in [6.45, 7) is 1.35. The quantitative estimate of drug-likeness (QED) is 0.748. The van der Waals surface area contributed by atoms with E-state index in [-0.39, 0.29) is 10.6 Å². The second-order valence-electron chi connectivity index (χ2n) is 3.35. The summed E-state index contributed by atoms with van der Waals surface area (Å²) in [6.07, 6.45) is -1.00. The largest absolute Gasteiger partial charge is 0.399 e. The third-order valence-electron chi connectivity index (χ3n) is 1.71. The van der Waals surface area contributed by atoms with Crippen LogP contribution in [0.2, 0.25) is 0 Å². The number of hydrogen-bond donors (Lipinski definition) is 2. The van der Waals surface area contributed by atoms with Crippen LogP contribution in [0, 0.1) is 5.82 Å². The molecule has 0 fully saturated rings. The Hall–Kier alpha value is -1.14. The summed E-state index contributed by atoms with van der Waals surface area (Å²) in [4.78, 5) is -0.207. The van der Waals surface area contributed by atoms with Gasteiger partial charge in [0.1, 0.15) is 5.82 Å². The Morgan fingerprint density at radius 3 is 2.53 bits per heavy atom. The van der Waals surface area contributed by atoms with Gasteiger partial charge in [-0.25, -0.2) is 12.8 Å². The second kappa shape index (κ2) is 4.16. The molecule has 1 atom stereocenters. The predicted molar refractivity (Wildman–Crippen MR) is 54.5 cm³/mol. The molecular formula is C9H12FNO3S. The molecule has 0 heterocycles. The number of anilines is 1. The van der Waals surface area contributed by atoms with E-state index in [4.69, 9.17) is 10.8 Å². The fraction of sp³-hybridized carbons (Fsp3) is 0.333. The van der Waals surface area contributed by atoms with Crippen LogP contribution in [0.25, 0.3) is 0 Å². The van der Waals surface area contributed by atoms with E-state index >= 15 is 0 Å². The maximum Gasteiger partial charge on any atom is 0.181 e. The third kappa shape index (κ3) is 3.17.